The lowest BCUT2D eigenvalue weighted by atomic mass is 10.2. The van der Waals surface area contributed by atoms with Crippen molar-refractivity contribution in [1.29, 1.82) is 0 Å². The summed E-state index contributed by atoms with van der Waals surface area (Å²) < 4.78 is 0. The molecule has 0 aliphatic carbocycles. The second-order valence-electron chi connectivity index (χ2n) is 5.59. The van der Waals surface area contributed by atoms with Crippen LogP contribution in [0.2, 0.25) is 10.0 Å². The van der Waals surface area contributed by atoms with Crippen LogP contribution in [-0.4, -0.2) is 38.7 Å². The van der Waals surface area contributed by atoms with E-state index in [1.807, 2.05) is 43.3 Å². The minimum Gasteiger partial charge on any atom is -0.378 e. The first-order chi connectivity index (χ1) is 12.4. The van der Waals surface area contributed by atoms with E-state index in [9.17, 15) is 9.59 Å². The van der Waals surface area contributed by atoms with Crippen LogP contribution in [0.15, 0.2) is 47.6 Å². The van der Waals surface area contributed by atoms with Crippen LogP contribution in [0, 0.1) is 0 Å². The largest absolute Gasteiger partial charge is 0.378 e. The van der Waals surface area contributed by atoms with Gasteiger partial charge in [0.2, 0.25) is 0 Å². The third-order valence-corrected chi connectivity index (χ3v) is 3.95. The van der Waals surface area contributed by atoms with Crippen molar-refractivity contribution < 1.29 is 9.59 Å². The Kier molecular flexibility index (Phi) is 7.00. The first-order valence-corrected chi connectivity index (χ1v) is 8.45. The smallest absolute Gasteiger partial charge is 0.259 e. The summed E-state index contributed by atoms with van der Waals surface area (Å²) in [6, 6.07) is 12.2. The SMILES string of the molecule is CN(C)c1ccc(/C=N/NC(=O)CNC(=O)c2ccc(Cl)cc2Cl)cc1. The molecule has 8 heteroatoms. The minimum absolute atomic E-state index is 0.217. The first-order valence-electron chi connectivity index (χ1n) is 7.69. The molecule has 0 saturated heterocycles. The maximum absolute atomic E-state index is 12.0. The number of amides is 2. The number of benzene rings is 2. The van der Waals surface area contributed by atoms with Crippen LogP contribution in [0.25, 0.3) is 0 Å². The summed E-state index contributed by atoms with van der Waals surface area (Å²) in [4.78, 5) is 25.7. The van der Waals surface area contributed by atoms with E-state index in [0.29, 0.717) is 5.02 Å². The molecule has 0 saturated carbocycles. The van der Waals surface area contributed by atoms with Crippen LogP contribution >= 0.6 is 23.2 Å². The highest BCUT2D eigenvalue weighted by Crippen LogP contribution is 2.20. The number of hydrazone groups is 1. The molecule has 2 amide bonds. The van der Waals surface area contributed by atoms with Gasteiger partial charge >= 0.3 is 0 Å². The Morgan fingerprint density at radius 2 is 1.81 bits per heavy atom. The van der Waals surface area contributed by atoms with Gasteiger partial charge in [-0.2, -0.15) is 5.10 Å². The molecular weight excluding hydrogens is 375 g/mol. The Bertz CT molecular complexity index is 820. The molecular formula is C18H18Cl2N4O2. The van der Waals surface area contributed by atoms with Crippen molar-refractivity contribution in [1.82, 2.24) is 10.7 Å². The Balaban J connectivity index is 1.82. The summed E-state index contributed by atoms with van der Waals surface area (Å²) >= 11 is 11.7. The standard InChI is InChI=1S/C18H18Cl2N4O2/c1-24(2)14-6-3-12(4-7-14)10-22-23-17(25)11-21-18(26)15-8-5-13(19)9-16(15)20/h3-10H,11H2,1-2H3,(H,21,26)(H,23,25)/b22-10+. The first kappa shape index (κ1) is 19.8. The molecule has 0 unspecified atom stereocenters. The van der Waals surface area contributed by atoms with E-state index in [2.05, 4.69) is 15.8 Å². The number of carbonyl (C=O) groups is 2. The fourth-order valence-corrected chi connectivity index (χ4v) is 2.50. The van der Waals surface area contributed by atoms with Crippen molar-refractivity contribution in [2.45, 2.75) is 0 Å². The molecule has 0 spiro atoms. The third-order valence-electron chi connectivity index (χ3n) is 3.40. The van der Waals surface area contributed by atoms with Crippen molar-refractivity contribution in [3.63, 3.8) is 0 Å². The van der Waals surface area contributed by atoms with Crippen molar-refractivity contribution in [3.05, 3.63) is 63.6 Å². The minimum atomic E-state index is -0.468. The topological polar surface area (TPSA) is 73.8 Å². The molecule has 0 radical (unpaired) electrons. The zero-order chi connectivity index (χ0) is 19.1. The molecule has 136 valence electrons. The molecule has 2 aromatic carbocycles. The van der Waals surface area contributed by atoms with Gasteiger partial charge in [-0.3, -0.25) is 9.59 Å². The number of anilines is 1. The lowest BCUT2D eigenvalue weighted by Crippen LogP contribution is -2.35. The molecule has 6 nitrogen and oxygen atoms in total. The number of hydrogen-bond donors (Lipinski definition) is 2. The maximum Gasteiger partial charge on any atom is 0.259 e. The third kappa shape index (κ3) is 5.75. The van der Waals surface area contributed by atoms with E-state index in [1.165, 1.54) is 18.3 Å². The summed E-state index contributed by atoms with van der Waals surface area (Å²) in [5, 5.41) is 6.98. The van der Waals surface area contributed by atoms with Crippen molar-refractivity contribution in [2.24, 2.45) is 5.10 Å². The van der Waals surface area contributed by atoms with Gasteiger partial charge in [0.15, 0.2) is 0 Å². The van der Waals surface area contributed by atoms with Crippen molar-refractivity contribution in [3.8, 4) is 0 Å². The Labute approximate surface area is 161 Å². The van der Waals surface area contributed by atoms with Gasteiger partial charge in [0.25, 0.3) is 11.8 Å². The predicted molar refractivity (Wildman–Crippen MR) is 105 cm³/mol. The number of carbonyl (C=O) groups excluding carboxylic acids is 2. The normalized spacial score (nSPS) is 10.6. The molecule has 0 heterocycles. The van der Waals surface area contributed by atoms with Crippen molar-refractivity contribution >= 4 is 46.9 Å². The van der Waals surface area contributed by atoms with Crippen LogP contribution in [0.5, 0.6) is 0 Å². The van der Waals surface area contributed by atoms with Crippen LogP contribution in [0.1, 0.15) is 15.9 Å². The fourth-order valence-electron chi connectivity index (χ4n) is 2.01. The monoisotopic (exact) mass is 392 g/mol. The van der Waals surface area contributed by atoms with E-state index >= 15 is 0 Å². The van der Waals surface area contributed by atoms with Gasteiger partial charge in [-0.15, -0.1) is 0 Å². The van der Waals surface area contributed by atoms with E-state index in [-0.39, 0.29) is 17.1 Å². The van der Waals surface area contributed by atoms with E-state index in [4.69, 9.17) is 23.2 Å². The molecule has 2 N–H and O–H groups in total. The maximum atomic E-state index is 12.0. The summed E-state index contributed by atoms with van der Waals surface area (Å²) in [7, 11) is 3.91. The van der Waals surface area contributed by atoms with E-state index < -0.39 is 11.8 Å². The molecule has 0 bridgehead atoms. The van der Waals surface area contributed by atoms with Gasteiger partial charge in [0.05, 0.1) is 23.3 Å². The molecule has 26 heavy (non-hydrogen) atoms. The molecule has 2 aromatic rings. The zero-order valence-electron chi connectivity index (χ0n) is 14.3. The number of hydrogen-bond acceptors (Lipinski definition) is 4. The zero-order valence-corrected chi connectivity index (χ0v) is 15.8. The highest BCUT2D eigenvalue weighted by molar-refractivity contribution is 6.36. The van der Waals surface area contributed by atoms with E-state index in [1.54, 1.807) is 6.07 Å². The Hall–Kier alpha value is -2.57. The number of rotatable bonds is 6. The number of nitrogens with one attached hydrogen (secondary N) is 2. The van der Waals surface area contributed by atoms with Crippen LogP contribution in [0.4, 0.5) is 5.69 Å². The molecule has 0 atom stereocenters. The van der Waals surface area contributed by atoms with Gasteiger partial charge in [0, 0.05) is 24.8 Å². The second-order valence-corrected chi connectivity index (χ2v) is 6.43. The van der Waals surface area contributed by atoms with Crippen molar-refractivity contribution in [2.75, 3.05) is 25.5 Å². The highest BCUT2D eigenvalue weighted by Gasteiger charge is 2.11. The Morgan fingerprint density at radius 1 is 1.12 bits per heavy atom. The van der Waals surface area contributed by atoms with Gasteiger partial charge in [-0.1, -0.05) is 35.3 Å². The second kappa shape index (κ2) is 9.22. The molecule has 0 aromatic heterocycles. The summed E-state index contributed by atoms with van der Waals surface area (Å²) in [6.45, 7) is -0.227. The summed E-state index contributed by atoms with van der Waals surface area (Å²) in [5.41, 5.74) is 4.50. The lowest BCUT2D eigenvalue weighted by Gasteiger charge is -2.11. The molecule has 0 aliphatic heterocycles. The molecule has 2 rings (SSSR count). The average Bonchev–Trinajstić information content (AvgIpc) is 2.60. The number of halogens is 2. The van der Waals surface area contributed by atoms with Gasteiger partial charge < -0.3 is 10.2 Å². The van der Waals surface area contributed by atoms with Gasteiger partial charge in [-0.05, 0) is 35.9 Å². The number of nitrogens with zero attached hydrogens (tertiary/aromatic N) is 2. The quantitative estimate of drug-likeness (QED) is 0.586. The van der Waals surface area contributed by atoms with Gasteiger partial charge in [-0.25, -0.2) is 5.43 Å². The van der Waals surface area contributed by atoms with Gasteiger partial charge in [0.1, 0.15) is 0 Å². The fraction of sp³-hybridized carbons (Fsp3) is 0.167. The van der Waals surface area contributed by atoms with Crippen LogP contribution in [0.3, 0.4) is 0 Å². The Morgan fingerprint density at radius 3 is 2.42 bits per heavy atom. The lowest BCUT2D eigenvalue weighted by molar-refractivity contribution is -0.120. The molecule has 0 fully saturated rings. The predicted octanol–water partition coefficient (Wildman–Crippen LogP) is 2.94. The van der Waals surface area contributed by atoms with Crippen LogP contribution in [-0.2, 0) is 4.79 Å². The van der Waals surface area contributed by atoms with Crippen LogP contribution < -0.4 is 15.6 Å². The highest BCUT2D eigenvalue weighted by atomic mass is 35.5. The summed E-state index contributed by atoms with van der Waals surface area (Å²) in [6.07, 6.45) is 1.52. The van der Waals surface area contributed by atoms with E-state index in [0.717, 1.165) is 11.3 Å². The average molecular weight is 393 g/mol. The molecule has 0 aliphatic rings. The summed E-state index contributed by atoms with van der Waals surface area (Å²) in [5.74, 6) is -0.922.